The lowest BCUT2D eigenvalue weighted by Gasteiger charge is -2.18. The number of aromatic nitrogens is 2. The minimum absolute atomic E-state index is 0.0326. The van der Waals surface area contributed by atoms with Gasteiger partial charge in [0.05, 0.1) is 22.1 Å². The molecule has 1 atom stereocenters. The van der Waals surface area contributed by atoms with Crippen LogP contribution in [0.4, 0.5) is 0 Å². The number of para-hydroxylation sites is 5. The Morgan fingerprint density at radius 1 is 0.442 bits per heavy atom. The van der Waals surface area contributed by atoms with Crippen LogP contribution in [-0.4, -0.2) is 9.13 Å². The van der Waals surface area contributed by atoms with E-state index in [9.17, 15) is 0 Å². The zero-order valence-corrected chi connectivity index (χ0v) is 28.1. The fraction of sp³-hybridized carbons (Fsp3) is 0.0417. The van der Waals surface area contributed by atoms with Gasteiger partial charge in [-0.1, -0.05) is 103 Å². The van der Waals surface area contributed by atoms with E-state index in [1.54, 1.807) is 0 Å². The molecule has 4 heterocycles. The number of furan rings is 2. The van der Waals surface area contributed by atoms with Crippen LogP contribution in [0, 0.1) is 0 Å². The van der Waals surface area contributed by atoms with E-state index in [-0.39, 0.29) is 5.92 Å². The summed E-state index contributed by atoms with van der Waals surface area (Å²) in [4.78, 5) is 0. The van der Waals surface area contributed by atoms with Crippen molar-refractivity contribution >= 4 is 82.6 Å². The predicted octanol–water partition coefficient (Wildman–Crippen LogP) is 13.1. The van der Waals surface area contributed by atoms with E-state index in [0.717, 1.165) is 67.6 Å². The van der Waals surface area contributed by atoms with Gasteiger partial charge >= 0.3 is 0 Å². The summed E-state index contributed by atoms with van der Waals surface area (Å²) in [6.07, 6.45) is 5.37. The van der Waals surface area contributed by atoms with Crippen molar-refractivity contribution in [3.05, 3.63) is 175 Å². The number of nitrogens with zero attached hydrogens (tertiary/aromatic N) is 2. The number of hydrogen-bond acceptors (Lipinski definition) is 2. The van der Waals surface area contributed by atoms with Crippen LogP contribution in [-0.2, 0) is 0 Å². The molecule has 52 heavy (non-hydrogen) atoms. The van der Waals surface area contributed by atoms with E-state index in [1.807, 2.05) is 0 Å². The van der Waals surface area contributed by atoms with Crippen molar-refractivity contribution in [1.29, 1.82) is 0 Å². The van der Waals surface area contributed by atoms with Gasteiger partial charge in [-0.3, -0.25) is 0 Å². The Morgan fingerprint density at radius 2 is 0.942 bits per heavy atom. The minimum atomic E-state index is 0.0326. The van der Waals surface area contributed by atoms with E-state index in [4.69, 9.17) is 8.83 Å². The van der Waals surface area contributed by atoms with Gasteiger partial charge in [-0.2, -0.15) is 0 Å². The van der Waals surface area contributed by atoms with Crippen LogP contribution in [0.15, 0.2) is 167 Å². The summed E-state index contributed by atoms with van der Waals surface area (Å²) in [6.45, 7) is 0. The highest BCUT2D eigenvalue weighted by atomic mass is 16.3. The van der Waals surface area contributed by atoms with E-state index in [0.29, 0.717) is 0 Å². The van der Waals surface area contributed by atoms with Crippen molar-refractivity contribution in [3.63, 3.8) is 0 Å². The van der Waals surface area contributed by atoms with E-state index >= 15 is 0 Å². The summed E-state index contributed by atoms with van der Waals surface area (Å²) in [5.41, 5.74) is 12.1. The normalized spacial score (nSPS) is 14.6. The maximum atomic E-state index is 6.77. The van der Waals surface area contributed by atoms with Gasteiger partial charge < -0.3 is 18.0 Å². The number of hydrogen-bond donors (Lipinski definition) is 0. The second-order valence-electron chi connectivity index (χ2n) is 14.0. The largest absolute Gasteiger partial charge is 0.460 e. The first-order valence-electron chi connectivity index (χ1n) is 18.0. The van der Waals surface area contributed by atoms with Crippen LogP contribution in [0.2, 0.25) is 0 Å². The molecule has 4 aromatic heterocycles. The van der Waals surface area contributed by atoms with Gasteiger partial charge in [0.15, 0.2) is 0 Å². The van der Waals surface area contributed by atoms with Gasteiger partial charge in [0.1, 0.15) is 22.5 Å². The average molecular weight is 667 g/mol. The van der Waals surface area contributed by atoms with Gasteiger partial charge in [0.2, 0.25) is 0 Å². The molecular weight excluding hydrogens is 637 g/mol. The van der Waals surface area contributed by atoms with Crippen LogP contribution < -0.4 is 0 Å². The fourth-order valence-corrected chi connectivity index (χ4v) is 9.01. The number of benzene rings is 7. The van der Waals surface area contributed by atoms with Crippen LogP contribution >= 0.6 is 0 Å². The van der Waals surface area contributed by atoms with Gasteiger partial charge in [-0.05, 0) is 67.1 Å². The Kier molecular flexibility index (Phi) is 5.58. The molecule has 0 fully saturated rings. The topological polar surface area (TPSA) is 36.1 Å². The maximum Gasteiger partial charge on any atom is 0.139 e. The molecular formula is C48H30N2O2. The molecule has 7 aromatic carbocycles. The highest BCUT2D eigenvalue weighted by Gasteiger charge is 2.29. The van der Waals surface area contributed by atoms with Crippen LogP contribution in [0.5, 0.6) is 0 Å². The van der Waals surface area contributed by atoms with Crippen molar-refractivity contribution in [3.8, 4) is 11.4 Å². The fourth-order valence-electron chi connectivity index (χ4n) is 9.01. The Hall–Kier alpha value is -6.78. The first kappa shape index (κ1) is 28.0. The standard InChI is InChI=1S/C48H30N2O2/c1-5-19-41-31(11-1)32-12-2-6-20-42(32)49(41)29-23-25-45-39(27-29)37-17-9-15-35(47(37)51-45)36-16-10-18-38-40-28-30(24-26-46(40)52-48(36)38)50-43-21-7-3-13-33(43)34-14-4-8-22-44(34)50/h1-15,17-28,36H,16H2. The smallest absolute Gasteiger partial charge is 0.139 e. The molecule has 1 unspecified atom stereocenters. The van der Waals surface area contributed by atoms with Crippen molar-refractivity contribution in [2.45, 2.75) is 12.3 Å². The Morgan fingerprint density at radius 3 is 1.52 bits per heavy atom. The van der Waals surface area contributed by atoms with Crippen LogP contribution in [0.25, 0.3) is 94.0 Å². The second kappa shape index (κ2) is 10.4. The quantitative estimate of drug-likeness (QED) is 0.188. The summed E-state index contributed by atoms with van der Waals surface area (Å²) < 4.78 is 18.3. The Bertz CT molecular complexity index is 3180. The monoisotopic (exact) mass is 666 g/mol. The lowest BCUT2D eigenvalue weighted by atomic mass is 9.86. The van der Waals surface area contributed by atoms with Crippen LogP contribution in [0.3, 0.4) is 0 Å². The molecule has 11 aromatic rings. The zero-order valence-electron chi connectivity index (χ0n) is 28.1. The van der Waals surface area contributed by atoms with Crippen molar-refractivity contribution in [1.82, 2.24) is 9.13 Å². The Labute approximate surface area is 298 Å². The zero-order chi connectivity index (χ0) is 33.9. The molecule has 0 saturated heterocycles. The molecule has 0 aliphatic heterocycles. The summed E-state index contributed by atoms with van der Waals surface area (Å²) >= 11 is 0. The lowest BCUT2D eigenvalue weighted by molar-refractivity contribution is 0.514. The van der Waals surface area contributed by atoms with Gasteiger partial charge in [0.25, 0.3) is 0 Å². The van der Waals surface area contributed by atoms with Crippen LogP contribution in [0.1, 0.15) is 29.2 Å². The highest BCUT2D eigenvalue weighted by molar-refractivity contribution is 6.12. The van der Waals surface area contributed by atoms with Crippen molar-refractivity contribution < 1.29 is 8.83 Å². The third-order valence-electron chi connectivity index (χ3n) is 11.3. The SMILES string of the molecule is C1=Cc2c(oc3ccc(-n4c5ccccc5c5ccccc54)cc23)C(c2cccc3c2oc2ccc(-n4c5ccccc5c5ccccc54)cc23)C1. The molecule has 0 spiro atoms. The summed E-state index contributed by atoms with van der Waals surface area (Å²) in [5.74, 6) is 1.03. The number of allylic oxidation sites excluding steroid dienone is 1. The summed E-state index contributed by atoms with van der Waals surface area (Å²) in [6, 6.07) is 54.4. The van der Waals surface area contributed by atoms with Gasteiger partial charge in [0, 0.05) is 66.1 Å². The summed E-state index contributed by atoms with van der Waals surface area (Å²) in [7, 11) is 0. The van der Waals surface area contributed by atoms with Crippen molar-refractivity contribution in [2.75, 3.05) is 0 Å². The number of fused-ring (bicyclic) bond motifs is 12. The third-order valence-corrected chi connectivity index (χ3v) is 11.3. The Balaban J connectivity index is 1.01. The second-order valence-corrected chi connectivity index (χ2v) is 14.0. The van der Waals surface area contributed by atoms with E-state index in [1.165, 1.54) is 43.6 Å². The number of rotatable bonds is 3. The molecule has 0 bridgehead atoms. The molecule has 4 heteroatoms. The van der Waals surface area contributed by atoms with Crippen molar-refractivity contribution in [2.24, 2.45) is 0 Å². The summed E-state index contributed by atoms with van der Waals surface area (Å²) in [5, 5.41) is 8.39. The minimum Gasteiger partial charge on any atom is -0.460 e. The van der Waals surface area contributed by atoms with E-state index in [2.05, 4.69) is 173 Å². The van der Waals surface area contributed by atoms with Gasteiger partial charge in [-0.15, -0.1) is 0 Å². The molecule has 0 saturated carbocycles. The van der Waals surface area contributed by atoms with Gasteiger partial charge in [-0.25, -0.2) is 0 Å². The molecule has 1 aliphatic carbocycles. The molecule has 0 amide bonds. The molecule has 0 radical (unpaired) electrons. The first-order chi connectivity index (χ1) is 25.8. The highest BCUT2D eigenvalue weighted by Crippen LogP contribution is 2.45. The maximum absolute atomic E-state index is 6.77. The molecule has 0 N–H and O–H groups in total. The molecule has 12 rings (SSSR count). The first-order valence-corrected chi connectivity index (χ1v) is 18.0. The molecule has 4 nitrogen and oxygen atoms in total. The molecule has 244 valence electrons. The third kappa shape index (κ3) is 3.76. The molecule has 1 aliphatic rings. The lowest BCUT2D eigenvalue weighted by Crippen LogP contribution is -2.04. The van der Waals surface area contributed by atoms with E-state index < -0.39 is 0 Å². The predicted molar refractivity (Wildman–Crippen MR) is 214 cm³/mol. The average Bonchev–Trinajstić information content (AvgIpc) is 3.95.